The molecule has 0 saturated heterocycles. The minimum absolute atomic E-state index is 0.338. The van der Waals surface area contributed by atoms with E-state index < -0.39 is 0 Å². The maximum atomic E-state index is 9.54. The molecule has 0 aliphatic heterocycles. The molecule has 0 aliphatic rings. The van der Waals surface area contributed by atoms with Crippen LogP contribution in [0.1, 0.15) is 0 Å². The standard InChI is InChI=1S/CH4NOPS/c3-1(5)2-4/h4H2,(H2,2,3,5). The Kier molecular flexibility index (Phi) is 2.61. The van der Waals surface area contributed by atoms with Crippen molar-refractivity contribution in [2.24, 2.45) is 0 Å². The molecule has 0 aliphatic carbocycles. The first-order valence-corrected chi connectivity index (χ1v) is 1.99. The second-order valence-corrected chi connectivity index (χ2v) is 1.14. The Morgan fingerprint density at radius 3 is 2.20 bits per heavy atom. The van der Waals surface area contributed by atoms with Gasteiger partial charge in [0.2, 0.25) is 0 Å². The van der Waals surface area contributed by atoms with E-state index in [4.69, 9.17) is 0 Å². The number of carbonyl (C=O) groups excluding carboxylic acids is 1. The maximum absolute atomic E-state index is 9.54. The zero-order chi connectivity index (χ0) is 4.28. The van der Waals surface area contributed by atoms with Gasteiger partial charge < -0.3 is 5.09 Å². The summed E-state index contributed by atoms with van der Waals surface area (Å²) in [5.74, 6) is 0. The molecule has 0 heterocycles. The summed E-state index contributed by atoms with van der Waals surface area (Å²) in [6.07, 6.45) is 0. The summed E-state index contributed by atoms with van der Waals surface area (Å²) in [4.78, 5) is 9.54. The highest BCUT2D eigenvalue weighted by Crippen LogP contribution is 1.76. The van der Waals surface area contributed by atoms with Gasteiger partial charge in [-0.25, -0.2) is 0 Å². The first kappa shape index (κ1) is 5.25. The second-order valence-electron chi connectivity index (χ2n) is 0.449. The molecular weight excluding hydrogens is 105 g/mol. The van der Waals surface area contributed by atoms with Crippen LogP contribution in [0.15, 0.2) is 0 Å². The Balaban J connectivity index is 2.85. The number of hydrogen-bond acceptors (Lipinski definition) is 1. The zero-order valence-corrected chi connectivity index (χ0v) is 4.48. The molecule has 0 spiro atoms. The van der Waals surface area contributed by atoms with Crippen LogP contribution in [0.4, 0.5) is 4.79 Å². The molecule has 0 bridgehead atoms. The van der Waals surface area contributed by atoms with Crippen LogP contribution in [0.25, 0.3) is 0 Å². The molecule has 0 rings (SSSR count). The van der Waals surface area contributed by atoms with Gasteiger partial charge in [0.1, 0.15) is 0 Å². The highest BCUT2D eigenvalue weighted by molar-refractivity contribution is 7.96. The maximum Gasteiger partial charge on any atom is 0.278 e. The van der Waals surface area contributed by atoms with Gasteiger partial charge in [0, 0.05) is 0 Å². The fraction of sp³-hybridized carbons (Fsp3) is 0. The average Bonchev–Trinajstić information content (AvgIpc) is 1.38. The van der Waals surface area contributed by atoms with E-state index in [-0.39, 0.29) is 5.24 Å². The predicted octanol–water partition coefficient (Wildman–Crippen LogP) is 0.416. The summed E-state index contributed by atoms with van der Waals surface area (Å²) in [7, 11) is 2.02. The van der Waals surface area contributed by atoms with Gasteiger partial charge >= 0.3 is 0 Å². The molecule has 0 aromatic rings. The lowest BCUT2D eigenvalue weighted by Gasteiger charge is -1.78. The van der Waals surface area contributed by atoms with Gasteiger partial charge in [-0.1, -0.05) is 12.6 Å². The first-order valence-electron chi connectivity index (χ1n) is 0.966. The van der Waals surface area contributed by atoms with E-state index in [1.54, 1.807) is 0 Å². The Hall–Kier alpha value is 0.250. The third kappa shape index (κ3) is 4.25. The predicted molar refractivity (Wildman–Crippen MR) is 27.2 cm³/mol. The molecule has 0 fully saturated rings. The Morgan fingerprint density at radius 2 is 2.20 bits per heavy atom. The van der Waals surface area contributed by atoms with Gasteiger partial charge in [0.15, 0.2) is 0 Å². The van der Waals surface area contributed by atoms with E-state index in [2.05, 4.69) is 17.7 Å². The van der Waals surface area contributed by atoms with Gasteiger partial charge in [-0.15, -0.1) is 0 Å². The van der Waals surface area contributed by atoms with Crippen molar-refractivity contribution in [3.05, 3.63) is 0 Å². The zero-order valence-electron chi connectivity index (χ0n) is 2.43. The largest absolute Gasteiger partial charge is 0.332 e. The van der Waals surface area contributed by atoms with Crippen LogP contribution >= 0.6 is 22.0 Å². The number of rotatable bonds is 0. The molecule has 5 heavy (non-hydrogen) atoms. The molecule has 2 nitrogen and oxygen atoms in total. The van der Waals surface area contributed by atoms with Crippen molar-refractivity contribution in [1.29, 1.82) is 0 Å². The van der Waals surface area contributed by atoms with Crippen molar-refractivity contribution < 1.29 is 4.79 Å². The number of thiol groups is 1. The minimum Gasteiger partial charge on any atom is -0.332 e. The van der Waals surface area contributed by atoms with Crippen molar-refractivity contribution in [2.45, 2.75) is 0 Å². The van der Waals surface area contributed by atoms with Crippen molar-refractivity contribution in [3.8, 4) is 0 Å². The first-order chi connectivity index (χ1) is 2.27. The van der Waals surface area contributed by atoms with E-state index in [1.165, 1.54) is 0 Å². The van der Waals surface area contributed by atoms with E-state index in [0.717, 1.165) is 0 Å². The molecule has 4 heteroatoms. The number of carbonyl (C=O) groups is 1. The van der Waals surface area contributed by atoms with Crippen LogP contribution in [0.5, 0.6) is 0 Å². The Morgan fingerprint density at radius 1 is 2.00 bits per heavy atom. The topological polar surface area (TPSA) is 29.1 Å². The summed E-state index contributed by atoms with van der Waals surface area (Å²) in [5, 5.41) is 1.83. The van der Waals surface area contributed by atoms with Gasteiger partial charge in [-0.05, 0) is 9.39 Å². The minimum atomic E-state index is -0.338. The summed E-state index contributed by atoms with van der Waals surface area (Å²) in [6, 6.07) is 0. The van der Waals surface area contributed by atoms with Crippen molar-refractivity contribution in [3.63, 3.8) is 0 Å². The molecule has 0 radical (unpaired) electrons. The molecule has 0 aromatic carbocycles. The van der Waals surface area contributed by atoms with Crippen LogP contribution in [0.3, 0.4) is 0 Å². The third-order valence-electron chi connectivity index (χ3n) is 0.123. The quantitative estimate of drug-likeness (QED) is 0.342. The van der Waals surface area contributed by atoms with Crippen molar-refractivity contribution >= 4 is 27.3 Å². The van der Waals surface area contributed by atoms with Crippen molar-refractivity contribution in [2.75, 3.05) is 0 Å². The van der Waals surface area contributed by atoms with Gasteiger partial charge in [-0.2, -0.15) is 0 Å². The lowest BCUT2D eigenvalue weighted by molar-refractivity contribution is 0.265. The second kappa shape index (κ2) is 2.49. The smallest absolute Gasteiger partial charge is 0.278 e. The SMILES string of the molecule is O=C(S)NP. The van der Waals surface area contributed by atoms with Crippen LogP contribution < -0.4 is 5.09 Å². The fourth-order valence-electron chi connectivity index (χ4n) is 0. The van der Waals surface area contributed by atoms with Crippen LogP contribution in [-0.4, -0.2) is 5.24 Å². The Bertz CT molecular complexity index is 46.9. The lowest BCUT2D eigenvalue weighted by atomic mass is 11.5. The van der Waals surface area contributed by atoms with Crippen LogP contribution in [0.2, 0.25) is 0 Å². The van der Waals surface area contributed by atoms with Gasteiger partial charge in [0.25, 0.3) is 5.24 Å². The molecule has 1 amide bonds. The van der Waals surface area contributed by atoms with Crippen LogP contribution in [0, 0.1) is 0 Å². The van der Waals surface area contributed by atoms with E-state index in [0.29, 0.717) is 0 Å². The highest BCUT2D eigenvalue weighted by atomic mass is 32.1. The van der Waals surface area contributed by atoms with E-state index in [1.807, 2.05) is 9.39 Å². The molecule has 1 unspecified atom stereocenters. The summed E-state index contributed by atoms with van der Waals surface area (Å²) >= 11 is 3.33. The van der Waals surface area contributed by atoms with Gasteiger partial charge in [-0.3, -0.25) is 4.79 Å². The van der Waals surface area contributed by atoms with Gasteiger partial charge in [0.05, 0.1) is 0 Å². The molecular formula is CH4NOPS. The number of amides is 1. The number of nitrogens with one attached hydrogen (secondary N) is 1. The molecule has 0 aromatic heterocycles. The summed E-state index contributed by atoms with van der Waals surface area (Å²) < 4.78 is 0. The normalized spacial score (nSPS) is 6.80. The van der Waals surface area contributed by atoms with E-state index in [9.17, 15) is 4.79 Å². The fourth-order valence-corrected chi connectivity index (χ4v) is 0. The monoisotopic (exact) mass is 109 g/mol. The highest BCUT2D eigenvalue weighted by Gasteiger charge is 1.74. The van der Waals surface area contributed by atoms with Crippen LogP contribution in [-0.2, 0) is 0 Å². The number of hydrogen-bond donors (Lipinski definition) is 2. The Labute approximate surface area is 38.0 Å². The van der Waals surface area contributed by atoms with Crippen molar-refractivity contribution in [1.82, 2.24) is 5.09 Å². The molecule has 0 saturated carbocycles. The average molecular weight is 109 g/mol. The molecule has 1 N–H and O–H groups in total. The summed E-state index contributed by atoms with van der Waals surface area (Å²) in [5.41, 5.74) is 0. The molecule has 1 atom stereocenters. The summed E-state index contributed by atoms with van der Waals surface area (Å²) in [6.45, 7) is 0. The third-order valence-corrected chi connectivity index (χ3v) is 0.758. The van der Waals surface area contributed by atoms with E-state index >= 15 is 0 Å². The lowest BCUT2D eigenvalue weighted by Crippen LogP contribution is -1.97. The molecule has 30 valence electrons.